The van der Waals surface area contributed by atoms with Crippen molar-refractivity contribution in [2.45, 2.75) is 32.1 Å². The highest BCUT2D eigenvalue weighted by Gasteiger charge is 2.37. The molecule has 2 atom stereocenters. The van der Waals surface area contributed by atoms with Gasteiger partial charge in [-0.15, -0.1) is 0 Å². The molecule has 0 saturated carbocycles. The van der Waals surface area contributed by atoms with Crippen LogP contribution < -0.4 is 24.3 Å². The van der Waals surface area contributed by atoms with Gasteiger partial charge in [0.05, 0.1) is 53.0 Å². The Hall–Kier alpha value is -4.77. The maximum atomic E-state index is 13.5. The number of nitrogens with zero attached hydrogens (tertiary/aromatic N) is 2. The number of carbonyl (C=O) groups is 3. The van der Waals surface area contributed by atoms with Crippen molar-refractivity contribution in [3.05, 3.63) is 76.9 Å². The molecule has 11 nitrogen and oxygen atoms in total. The lowest BCUT2D eigenvalue weighted by atomic mass is 10.1. The topological polar surface area (TPSA) is 116 Å². The number of hydrogen-bond donors (Lipinski definition) is 1. The normalized spacial score (nSPS) is 18.7. The van der Waals surface area contributed by atoms with Crippen LogP contribution in [0.1, 0.15) is 27.0 Å². The highest BCUT2D eigenvalue weighted by atomic mass is 16.5. The third-order valence-corrected chi connectivity index (χ3v) is 7.80. The molecule has 2 aliphatic heterocycles. The van der Waals surface area contributed by atoms with Gasteiger partial charge in [-0.25, -0.2) is 0 Å². The summed E-state index contributed by atoms with van der Waals surface area (Å²) in [5.74, 6) is 1.71. The number of hydrogen-bond acceptors (Lipinski definition) is 8. The fraction of sp³-hybridized carbons (Fsp3) is 0.364. The van der Waals surface area contributed by atoms with Crippen molar-refractivity contribution in [2.75, 3.05) is 48.0 Å². The fourth-order valence-corrected chi connectivity index (χ4v) is 5.44. The molecule has 0 spiro atoms. The molecular formula is C33H37N3O8. The maximum Gasteiger partial charge on any atom is 0.254 e. The molecule has 1 saturated heterocycles. The highest BCUT2D eigenvalue weighted by Crippen LogP contribution is 2.38. The SMILES string of the molecule is COc1cc(CC(=O)N2C[C@@H]3NC(=O)CN(C)C(=O)c4ccc(C)c(c4)Oc4cccc(c4)CO[C@H]3C2)cc(OC)c1OC. The smallest absolute Gasteiger partial charge is 0.254 e. The van der Waals surface area contributed by atoms with Gasteiger partial charge in [-0.2, -0.15) is 0 Å². The molecule has 1 N–H and O–H groups in total. The number of benzene rings is 3. The molecule has 2 heterocycles. The van der Waals surface area contributed by atoms with Gasteiger partial charge in [-0.05, 0) is 60.0 Å². The Balaban J connectivity index is 1.38. The molecule has 3 amide bonds. The van der Waals surface area contributed by atoms with Gasteiger partial charge in [0.25, 0.3) is 5.91 Å². The zero-order valence-corrected chi connectivity index (χ0v) is 25.5. The van der Waals surface area contributed by atoms with Gasteiger partial charge in [-0.1, -0.05) is 18.2 Å². The summed E-state index contributed by atoms with van der Waals surface area (Å²) in [6.07, 6.45) is -0.394. The van der Waals surface area contributed by atoms with Crippen molar-refractivity contribution in [3.63, 3.8) is 0 Å². The largest absolute Gasteiger partial charge is 0.493 e. The molecule has 4 bridgehead atoms. The van der Waals surface area contributed by atoms with E-state index in [0.29, 0.717) is 39.9 Å². The van der Waals surface area contributed by atoms with Crippen LogP contribution in [-0.2, 0) is 27.4 Å². The summed E-state index contributed by atoms with van der Waals surface area (Å²) in [6, 6.07) is 15.7. The standard InChI is InChI=1S/C33H37N3O8/c1-20-9-10-23-15-26(20)44-24-8-6-7-21(11-24)19-43-29-17-36(16-25(29)34-30(37)18-35(2)33(23)39)31(38)14-22-12-27(40-3)32(42-5)28(13-22)41-4/h6-13,15,25,29H,14,16-19H2,1-5H3,(H,34,37)/t25-,29-/m0/s1. The van der Waals surface area contributed by atoms with Gasteiger partial charge in [0.1, 0.15) is 11.5 Å². The second kappa shape index (κ2) is 13.3. The van der Waals surface area contributed by atoms with Gasteiger partial charge < -0.3 is 38.8 Å². The molecule has 3 aromatic carbocycles. The van der Waals surface area contributed by atoms with Crippen molar-refractivity contribution in [2.24, 2.45) is 0 Å². The Morgan fingerprint density at radius 2 is 1.73 bits per heavy atom. The second-order valence-corrected chi connectivity index (χ2v) is 10.9. The summed E-state index contributed by atoms with van der Waals surface area (Å²) in [6.45, 7) is 2.52. The average Bonchev–Trinajstić information content (AvgIpc) is 3.42. The van der Waals surface area contributed by atoms with Crippen LogP contribution in [0.25, 0.3) is 0 Å². The van der Waals surface area contributed by atoms with Crippen LogP contribution >= 0.6 is 0 Å². The molecule has 5 rings (SSSR count). The number of aryl methyl sites for hydroxylation is 1. The van der Waals surface area contributed by atoms with E-state index >= 15 is 0 Å². The molecule has 0 unspecified atom stereocenters. The molecule has 3 aromatic rings. The molecule has 11 heteroatoms. The number of likely N-dealkylation sites (tertiary alicyclic amines) is 1. The highest BCUT2D eigenvalue weighted by molar-refractivity contribution is 5.96. The molecular weight excluding hydrogens is 566 g/mol. The van der Waals surface area contributed by atoms with E-state index in [1.807, 2.05) is 37.3 Å². The van der Waals surface area contributed by atoms with E-state index in [2.05, 4.69) is 5.32 Å². The zero-order valence-electron chi connectivity index (χ0n) is 25.5. The van der Waals surface area contributed by atoms with Crippen LogP contribution in [0.4, 0.5) is 0 Å². The predicted molar refractivity (Wildman–Crippen MR) is 162 cm³/mol. The van der Waals surface area contributed by atoms with E-state index in [1.165, 1.54) is 26.2 Å². The number of methoxy groups -OCH3 is 3. The van der Waals surface area contributed by atoms with Crippen LogP contribution in [0.5, 0.6) is 28.7 Å². The third-order valence-electron chi connectivity index (χ3n) is 7.80. The minimum absolute atomic E-state index is 0.0820. The summed E-state index contributed by atoms with van der Waals surface area (Å²) >= 11 is 0. The lowest BCUT2D eigenvalue weighted by Crippen LogP contribution is -2.48. The molecule has 0 aromatic heterocycles. The summed E-state index contributed by atoms with van der Waals surface area (Å²) in [5.41, 5.74) is 2.84. The Morgan fingerprint density at radius 3 is 2.43 bits per heavy atom. The summed E-state index contributed by atoms with van der Waals surface area (Å²) in [7, 11) is 6.14. The number of fused-ring (bicyclic) bond motifs is 5. The lowest BCUT2D eigenvalue weighted by molar-refractivity contribution is -0.130. The fourth-order valence-electron chi connectivity index (χ4n) is 5.44. The molecule has 44 heavy (non-hydrogen) atoms. The van der Waals surface area contributed by atoms with Crippen molar-refractivity contribution in [1.29, 1.82) is 0 Å². The van der Waals surface area contributed by atoms with Gasteiger partial charge in [-0.3, -0.25) is 14.4 Å². The quantitative estimate of drug-likeness (QED) is 0.472. The number of likely N-dealkylation sites (N-methyl/N-ethyl adjacent to an activating group) is 1. The number of nitrogens with one attached hydrogen (secondary N) is 1. The predicted octanol–water partition coefficient (Wildman–Crippen LogP) is 3.35. The average molecular weight is 604 g/mol. The number of carbonyl (C=O) groups excluding carboxylic acids is 3. The zero-order chi connectivity index (χ0) is 31.4. The molecule has 1 fully saturated rings. The Labute approximate surface area is 256 Å². The van der Waals surface area contributed by atoms with Crippen molar-refractivity contribution >= 4 is 17.7 Å². The first-order valence-corrected chi connectivity index (χ1v) is 14.3. The number of amides is 3. The van der Waals surface area contributed by atoms with E-state index in [-0.39, 0.29) is 50.4 Å². The van der Waals surface area contributed by atoms with E-state index in [4.69, 9.17) is 23.7 Å². The van der Waals surface area contributed by atoms with Crippen LogP contribution in [0.3, 0.4) is 0 Å². The Kier molecular flexibility index (Phi) is 9.24. The monoisotopic (exact) mass is 603 g/mol. The Morgan fingerprint density at radius 1 is 0.977 bits per heavy atom. The second-order valence-electron chi connectivity index (χ2n) is 10.9. The Bertz CT molecular complexity index is 1530. The van der Waals surface area contributed by atoms with Crippen molar-refractivity contribution < 1.29 is 38.1 Å². The first kappa shape index (κ1) is 30.7. The first-order chi connectivity index (χ1) is 21.2. The minimum atomic E-state index is -0.479. The third kappa shape index (κ3) is 6.73. The van der Waals surface area contributed by atoms with Crippen molar-refractivity contribution in [1.82, 2.24) is 15.1 Å². The summed E-state index contributed by atoms with van der Waals surface area (Å²) in [4.78, 5) is 42.9. The van der Waals surface area contributed by atoms with E-state index < -0.39 is 12.1 Å². The lowest BCUT2D eigenvalue weighted by Gasteiger charge is -2.23. The summed E-state index contributed by atoms with van der Waals surface area (Å²) in [5, 5.41) is 3.00. The number of rotatable bonds is 5. The molecule has 232 valence electrons. The van der Waals surface area contributed by atoms with Gasteiger partial charge in [0.2, 0.25) is 17.6 Å². The minimum Gasteiger partial charge on any atom is -0.493 e. The van der Waals surface area contributed by atoms with E-state index in [1.54, 1.807) is 36.2 Å². The summed E-state index contributed by atoms with van der Waals surface area (Å²) < 4.78 is 28.7. The van der Waals surface area contributed by atoms with Crippen LogP contribution in [0.2, 0.25) is 0 Å². The van der Waals surface area contributed by atoms with Gasteiger partial charge >= 0.3 is 0 Å². The number of ether oxygens (including phenoxy) is 5. The van der Waals surface area contributed by atoms with Crippen LogP contribution in [0.15, 0.2) is 54.6 Å². The van der Waals surface area contributed by atoms with Crippen LogP contribution in [-0.4, -0.2) is 87.7 Å². The van der Waals surface area contributed by atoms with Gasteiger partial charge in [0.15, 0.2) is 11.5 Å². The van der Waals surface area contributed by atoms with Crippen LogP contribution in [0, 0.1) is 6.92 Å². The van der Waals surface area contributed by atoms with Gasteiger partial charge in [0, 0.05) is 25.7 Å². The maximum absolute atomic E-state index is 13.5. The molecule has 2 aliphatic rings. The first-order valence-electron chi connectivity index (χ1n) is 14.3. The van der Waals surface area contributed by atoms with Crippen molar-refractivity contribution in [3.8, 4) is 28.7 Å². The van der Waals surface area contributed by atoms with E-state index in [0.717, 1.165) is 11.1 Å². The van der Waals surface area contributed by atoms with E-state index in [9.17, 15) is 14.4 Å². The molecule has 0 aliphatic carbocycles. The molecule has 0 radical (unpaired) electrons.